The molecule has 3 aliphatic rings. The molecule has 60 heavy (non-hydrogen) atoms. The zero-order chi connectivity index (χ0) is 45.8. The van der Waals surface area contributed by atoms with Crippen molar-refractivity contribution in [2.45, 2.75) is 198 Å². The van der Waals surface area contributed by atoms with E-state index in [-0.39, 0.29) is 25.2 Å². The van der Waals surface area contributed by atoms with E-state index in [9.17, 15) is 39.9 Å². The molecule has 0 aromatic rings. The van der Waals surface area contributed by atoms with Crippen LogP contribution in [0, 0.1) is 17.8 Å². The number of ether oxygens (including phenoxy) is 8. The molecule has 5 N–H and O–H groups in total. The molecule has 3 fully saturated rings. The molecule has 0 radical (unpaired) electrons. The van der Waals surface area contributed by atoms with Gasteiger partial charge in [-0.3, -0.25) is 4.79 Å². The lowest BCUT2D eigenvalue weighted by molar-refractivity contribution is -0.318. The Morgan fingerprint density at radius 1 is 0.967 bits per heavy atom. The van der Waals surface area contributed by atoms with Crippen LogP contribution in [0.1, 0.15) is 102 Å². The molecule has 3 aliphatic heterocycles. The van der Waals surface area contributed by atoms with Crippen molar-refractivity contribution in [2.75, 3.05) is 34.8 Å². The van der Waals surface area contributed by atoms with Crippen LogP contribution in [-0.2, 0) is 47.5 Å². The Morgan fingerprint density at radius 2 is 1.58 bits per heavy atom. The van der Waals surface area contributed by atoms with Gasteiger partial charge in [-0.15, -0.1) is 0 Å². The van der Waals surface area contributed by atoms with Gasteiger partial charge in [-0.25, -0.2) is 9.59 Å². The fourth-order valence-corrected chi connectivity index (χ4v) is 9.18. The summed E-state index contributed by atoms with van der Waals surface area (Å²) in [5.41, 5.74) is -4.68. The number of hydrogen-bond acceptors (Lipinski definition) is 17. The molecule has 0 aromatic heterocycles. The van der Waals surface area contributed by atoms with Crippen molar-refractivity contribution < 1.29 is 77.8 Å². The molecule has 0 saturated carbocycles. The number of carbonyl (C=O) groups is 3. The van der Waals surface area contributed by atoms with Crippen molar-refractivity contribution in [3.63, 3.8) is 0 Å². The molecule has 1 unspecified atom stereocenters. The Bertz CT molecular complexity index is 1420. The molecule has 0 amide bonds. The lowest BCUT2D eigenvalue weighted by Crippen LogP contribution is -2.61. The number of aliphatic carboxylic acids is 1. The van der Waals surface area contributed by atoms with Crippen LogP contribution in [0.2, 0.25) is 0 Å². The van der Waals surface area contributed by atoms with Crippen molar-refractivity contribution in [1.29, 1.82) is 0 Å². The number of aliphatic hydroxyl groups excluding tert-OH is 2. The van der Waals surface area contributed by atoms with E-state index >= 15 is 0 Å². The van der Waals surface area contributed by atoms with Crippen LogP contribution in [0.3, 0.4) is 0 Å². The fourth-order valence-electron chi connectivity index (χ4n) is 9.18. The van der Waals surface area contributed by atoms with Crippen LogP contribution in [-0.4, -0.2) is 185 Å². The van der Waals surface area contributed by atoms with Gasteiger partial charge in [0.05, 0.1) is 47.6 Å². The third-order valence-electron chi connectivity index (χ3n) is 13.0. The highest BCUT2D eigenvalue weighted by Crippen LogP contribution is 2.40. The molecular formula is C42H76N2O16. The zero-order valence-electron chi connectivity index (χ0n) is 38.4. The predicted molar refractivity (Wildman–Crippen MR) is 217 cm³/mol. The third kappa shape index (κ3) is 12.3. The first-order chi connectivity index (χ1) is 27.6. The number of cyclic esters (lactones) is 1. The molecule has 3 rings (SSSR count). The van der Waals surface area contributed by atoms with E-state index in [0.29, 0.717) is 13.0 Å². The van der Waals surface area contributed by atoms with Crippen LogP contribution in [0.4, 0.5) is 4.79 Å². The van der Waals surface area contributed by atoms with Crippen LogP contribution in [0.5, 0.6) is 0 Å². The summed E-state index contributed by atoms with van der Waals surface area (Å²) in [6.07, 6.45) is -12.6. The minimum absolute atomic E-state index is 0.0578. The number of likely N-dealkylation sites (N-methyl/N-ethyl adjacent to an activating group) is 2. The van der Waals surface area contributed by atoms with E-state index in [4.69, 9.17) is 37.9 Å². The third-order valence-corrected chi connectivity index (χ3v) is 13.0. The van der Waals surface area contributed by atoms with Gasteiger partial charge in [0.25, 0.3) is 0 Å². The van der Waals surface area contributed by atoms with Crippen molar-refractivity contribution in [3.8, 4) is 0 Å². The monoisotopic (exact) mass is 865 g/mol. The number of nitrogens with zero attached hydrogens (tertiary/aromatic N) is 2. The number of methoxy groups -OCH3 is 1. The van der Waals surface area contributed by atoms with Crippen LogP contribution >= 0.6 is 0 Å². The molecule has 0 aliphatic carbocycles. The summed E-state index contributed by atoms with van der Waals surface area (Å²) in [6.45, 7) is 18.6. The highest BCUT2D eigenvalue weighted by Gasteiger charge is 2.53. The minimum atomic E-state index is -1.87. The van der Waals surface area contributed by atoms with E-state index in [1.54, 1.807) is 69.6 Å². The van der Waals surface area contributed by atoms with Crippen molar-refractivity contribution >= 4 is 18.1 Å². The van der Waals surface area contributed by atoms with Crippen molar-refractivity contribution in [1.82, 2.24) is 9.80 Å². The molecule has 0 spiro atoms. The van der Waals surface area contributed by atoms with Crippen LogP contribution in [0.25, 0.3) is 0 Å². The SMILES string of the molecule is CC[C@H]1OC(=O)[C@H](C)[C@@H](O[C@H]2C[C@@](C)(OC)[C@@H](O)[C@H](C)O2)[C@H](C)[C@@H](O[C@@H]2O[C@H](C)C[C@H](N(C)C)[C@H]2OC(=O)OC(C)C(=O)O)[C@](C)(O)C[C@@H](C)CN(C)[C@H](C)[C@@H](O)[C@]1(C)O. The molecule has 18 heteroatoms. The molecular weight excluding hydrogens is 788 g/mol. The number of carbonyl (C=O) groups excluding carboxylic acids is 2. The Balaban J connectivity index is 2.24. The van der Waals surface area contributed by atoms with Gasteiger partial charge < -0.3 is 73.2 Å². The summed E-state index contributed by atoms with van der Waals surface area (Å²) in [6, 6.07) is -1.12. The number of hydrogen-bond donors (Lipinski definition) is 5. The van der Waals surface area contributed by atoms with Gasteiger partial charge in [-0.05, 0) is 102 Å². The van der Waals surface area contributed by atoms with E-state index in [1.165, 1.54) is 21.0 Å². The summed E-state index contributed by atoms with van der Waals surface area (Å²) in [5.74, 6) is -4.41. The lowest BCUT2D eigenvalue weighted by Gasteiger charge is -2.49. The standard InChI is InChI=1S/C42H76N2O16/c1-16-29-42(11,52)33(45)25(6)44(14)20-21(2)18-40(9,51)35(60-38-32(28(43(12)13)17-22(3)54-38)59-39(50)56-27(8)36(47)48)23(4)31(24(5)37(49)57-29)58-30-19-41(10,53-15)34(46)26(7)55-30/h21-35,38,45-46,51-52H,16-20H2,1-15H3,(H,47,48)/t21-,22-,23+,24-,25-,26+,27?,28+,29-,30+,31+,32-,33-,34+,35-,38+,40-,41-,42-/m1/s1. The van der Waals surface area contributed by atoms with E-state index in [2.05, 4.69) is 0 Å². The molecule has 3 saturated heterocycles. The number of aliphatic hydroxyl groups is 4. The maximum atomic E-state index is 14.4. The summed E-state index contributed by atoms with van der Waals surface area (Å²) in [7, 11) is 6.84. The first-order valence-corrected chi connectivity index (χ1v) is 21.3. The highest BCUT2D eigenvalue weighted by molar-refractivity contribution is 5.75. The minimum Gasteiger partial charge on any atom is -0.479 e. The Morgan fingerprint density at radius 3 is 2.13 bits per heavy atom. The predicted octanol–water partition coefficient (Wildman–Crippen LogP) is 2.53. The maximum Gasteiger partial charge on any atom is 0.509 e. The number of rotatable bonds is 10. The van der Waals surface area contributed by atoms with Crippen molar-refractivity contribution in [3.05, 3.63) is 0 Å². The Kier molecular flexibility index (Phi) is 18.2. The van der Waals surface area contributed by atoms with Gasteiger partial charge in [0.15, 0.2) is 24.8 Å². The average Bonchev–Trinajstić information content (AvgIpc) is 3.15. The second-order valence-electron chi connectivity index (χ2n) is 18.6. The molecule has 19 atom stereocenters. The quantitative estimate of drug-likeness (QED) is 0.199. The summed E-state index contributed by atoms with van der Waals surface area (Å²) >= 11 is 0. The zero-order valence-corrected chi connectivity index (χ0v) is 38.4. The van der Waals surface area contributed by atoms with Gasteiger partial charge in [0.1, 0.15) is 23.9 Å². The molecule has 0 bridgehead atoms. The lowest BCUT2D eigenvalue weighted by atomic mass is 9.77. The summed E-state index contributed by atoms with van der Waals surface area (Å²) in [5, 5.41) is 56.5. The smallest absolute Gasteiger partial charge is 0.479 e. The summed E-state index contributed by atoms with van der Waals surface area (Å²) in [4.78, 5) is 42.7. The highest BCUT2D eigenvalue weighted by atomic mass is 16.8. The Labute approximate surface area is 356 Å². The largest absolute Gasteiger partial charge is 0.509 e. The van der Waals surface area contributed by atoms with Gasteiger partial charge in [-0.1, -0.05) is 20.8 Å². The van der Waals surface area contributed by atoms with E-state index < -0.39 is 126 Å². The second kappa shape index (κ2) is 21.0. The van der Waals surface area contributed by atoms with Crippen LogP contribution in [0.15, 0.2) is 0 Å². The van der Waals surface area contributed by atoms with Gasteiger partial charge >= 0.3 is 18.1 Å². The first kappa shape index (κ1) is 52.1. The van der Waals surface area contributed by atoms with Gasteiger partial charge in [-0.2, -0.15) is 0 Å². The van der Waals surface area contributed by atoms with Gasteiger partial charge in [0.2, 0.25) is 0 Å². The molecule has 18 nitrogen and oxygen atoms in total. The fraction of sp³-hybridized carbons (Fsp3) is 0.929. The Hall–Kier alpha value is -2.23. The normalized spacial score (nSPS) is 44.9. The number of carboxylic acid groups (broad SMARTS) is 1. The molecule has 3 heterocycles. The average molecular weight is 865 g/mol. The second-order valence-corrected chi connectivity index (χ2v) is 18.6. The first-order valence-electron chi connectivity index (χ1n) is 21.3. The maximum absolute atomic E-state index is 14.4. The van der Waals surface area contributed by atoms with Crippen molar-refractivity contribution in [2.24, 2.45) is 17.8 Å². The number of carboxylic acids is 1. The summed E-state index contributed by atoms with van der Waals surface area (Å²) < 4.78 is 48.8. The van der Waals surface area contributed by atoms with Gasteiger partial charge in [0, 0.05) is 32.0 Å². The van der Waals surface area contributed by atoms with E-state index in [1.807, 2.05) is 23.6 Å². The number of esters is 1. The molecule has 350 valence electrons. The molecule has 0 aromatic carbocycles. The van der Waals surface area contributed by atoms with Crippen LogP contribution < -0.4 is 0 Å². The van der Waals surface area contributed by atoms with E-state index in [0.717, 1.165) is 0 Å². The topological polar surface area (TPSA) is 233 Å².